The lowest BCUT2D eigenvalue weighted by Gasteiger charge is -2.17. The number of nitrogens with one attached hydrogen (secondary N) is 2. The van der Waals surface area contributed by atoms with Gasteiger partial charge in [0, 0.05) is 24.4 Å². The smallest absolute Gasteiger partial charge is 0.407 e. The van der Waals surface area contributed by atoms with Crippen LogP contribution in [0.2, 0.25) is 0 Å². The molecule has 3 aliphatic carbocycles. The molecule has 0 radical (unpaired) electrons. The minimum atomic E-state index is -0.843. The molecule has 0 unspecified atom stereocenters. The SMILES string of the molecule is O=C(N[C@@H]1CC[C@H](C(=O)NCC2(C(=O)O)CC2)C1)OCC1c2ccccc2-c2ccccc21. The van der Waals surface area contributed by atoms with Gasteiger partial charge in [0.15, 0.2) is 0 Å². The Morgan fingerprint density at radius 1 is 0.970 bits per heavy atom. The molecule has 3 aliphatic rings. The van der Waals surface area contributed by atoms with Crippen molar-refractivity contribution >= 4 is 18.0 Å². The number of rotatable bonds is 7. The molecule has 33 heavy (non-hydrogen) atoms. The van der Waals surface area contributed by atoms with Crippen molar-refractivity contribution in [3.8, 4) is 11.1 Å². The Morgan fingerprint density at radius 3 is 2.21 bits per heavy atom. The maximum atomic E-state index is 12.5. The van der Waals surface area contributed by atoms with Crippen LogP contribution in [0.3, 0.4) is 0 Å². The van der Waals surface area contributed by atoms with Crippen LogP contribution in [0.25, 0.3) is 11.1 Å². The Hall–Kier alpha value is -3.35. The average molecular weight is 449 g/mol. The predicted octanol–water partition coefficient (Wildman–Crippen LogP) is 3.67. The number of aliphatic carboxylic acids is 1. The van der Waals surface area contributed by atoms with Crippen LogP contribution in [-0.4, -0.2) is 42.3 Å². The largest absolute Gasteiger partial charge is 0.481 e. The third kappa shape index (κ3) is 4.19. The molecular formula is C26H28N2O5. The Morgan fingerprint density at radius 2 is 1.61 bits per heavy atom. The van der Waals surface area contributed by atoms with Crippen LogP contribution in [0.5, 0.6) is 0 Å². The van der Waals surface area contributed by atoms with E-state index in [9.17, 15) is 19.5 Å². The van der Waals surface area contributed by atoms with E-state index in [0.717, 1.165) is 0 Å². The summed E-state index contributed by atoms with van der Waals surface area (Å²) in [7, 11) is 0. The average Bonchev–Trinajstić information content (AvgIpc) is 3.37. The number of amides is 2. The highest BCUT2D eigenvalue weighted by atomic mass is 16.5. The highest BCUT2D eigenvalue weighted by molar-refractivity contribution is 5.82. The number of hydrogen-bond acceptors (Lipinski definition) is 4. The Labute approximate surface area is 192 Å². The lowest BCUT2D eigenvalue weighted by atomic mass is 9.98. The van der Waals surface area contributed by atoms with Crippen LogP contribution < -0.4 is 10.6 Å². The van der Waals surface area contributed by atoms with E-state index >= 15 is 0 Å². The summed E-state index contributed by atoms with van der Waals surface area (Å²) in [5, 5.41) is 15.0. The first-order valence-corrected chi connectivity index (χ1v) is 11.6. The van der Waals surface area contributed by atoms with Crippen molar-refractivity contribution in [2.24, 2.45) is 11.3 Å². The molecular weight excluding hydrogens is 420 g/mol. The molecule has 2 aromatic rings. The van der Waals surface area contributed by atoms with Crippen LogP contribution in [0, 0.1) is 11.3 Å². The van der Waals surface area contributed by atoms with E-state index in [1.54, 1.807) is 0 Å². The molecule has 2 aromatic carbocycles. The van der Waals surface area contributed by atoms with Gasteiger partial charge < -0.3 is 20.5 Å². The zero-order valence-electron chi connectivity index (χ0n) is 18.4. The molecule has 7 nitrogen and oxygen atoms in total. The number of ether oxygens (including phenoxy) is 1. The second kappa shape index (κ2) is 8.54. The molecule has 2 saturated carbocycles. The Kier molecular flexibility index (Phi) is 5.56. The number of carbonyl (C=O) groups is 3. The highest BCUT2D eigenvalue weighted by Gasteiger charge is 2.50. The van der Waals surface area contributed by atoms with Crippen molar-refractivity contribution in [2.45, 2.75) is 44.1 Å². The van der Waals surface area contributed by atoms with Gasteiger partial charge in [-0.1, -0.05) is 48.5 Å². The zero-order chi connectivity index (χ0) is 23.0. The van der Waals surface area contributed by atoms with E-state index in [0.29, 0.717) is 32.1 Å². The molecule has 5 rings (SSSR count). The molecule has 0 bridgehead atoms. The van der Waals surface area contributed by atoms with E-state index in [1.165, 1.54) is 22.3 Å². The minimum absolute atomic E-state index is 0.00855. The van der Waals surface area contributed by atoms with Crippen molar-refractivity contribution in [3.05, 3.63) is 59.7 Å². The summed E-state index contributed by atoms with van der Waals surface area (Å²) in [5.41, 5.74) is 3.93. The second-order valence-electron chi connectivity index (χ2n) is 9.48. The molecule has 3 N–H and O–H groups in total. The van der Waals surface area contributed by atoms with E-state index in [4.69, 9.17) is 4.74 Å². The number of fused-ring (bicyclic) bond motifs is 3. The fourth-order valence-corrected chi connectivity index (χ4v) is 5.18. The molecule has 0 aliphatic heterocycles. The lowest BCUT2D eigenvalue weighted by Crippen LogP contribution is -2.38. The summed E-state index contributed by atoms with van der Waals surface area (Å²) in [6.45, 7) is 0.440. The third-order valence-electron chi connectivity index (χ3n) is 7.38. The molecule has 2 atom stereocenters. The number of carboxylic acid groups (broad SMARTS) is 1. The summed E-state index contributed by atoms with van der Waals surface area (Å²) in [5.74, 6) is -1.17. The first kappa shape index (κ1) is 21.5. The fraction of sp³-hybridized carbons (Fsp3) is 0.423. The molecule has 0 aromatic heterocycles. The van der Waals surface area contributed by atoms with Gasteiger partial charge in [0.25, 0.3) is 0 Å². The molecule has 2 fully saturated rings. The minimum Gasteiger partial charge on any atom is -0.481 e. The van der Waals surface area contributed by atoms with Crippen LogP contribution in [0.4, 0.5) is 4.79 Å². The number of benzene rings is 2. The molecule has 0 spiro atoms. The summed E-state index contributed by atoms with van der Waals surface area (Å²) in [6, 6.07) is 16.3. The van der Waals surface area contributed by atoms with Crippen LogP contribution >= 0.6 is 0 Å². The quantitative estimate of drug-likeness (QED) is 0.599. The van der Waals surface area contributed by atoms with Gasteiger partial charge in [0.2, 0.25) is 5.91 Å². The van der Waals surface area contributed by atoms with Crippen LogP contribution in [0.15, 0.2) is 48.5 Å². The van der Waals surface area contributed by atoms with Gasteiger partial charge >= 0.3 is 12.1 Å². The van der Waals surface area contributed by atoms with Gasteiger partial charge in [-0.05, 0) is 54.4 Å². The maximum Gasteiger partial charge on any atom is 0.407 e. The topological polar surface area (TPSA) is 105 Å². The highest BCUT2D eigenvalue weighted by Crippen LogP contribution is 2.45. The third-order valence-corrected chi connectivity index (χ3v) is 7.38. The molecule has 0 saturated heterocycles. The van der Waals surface area contributed by atoms with Gasteiger partial charge in [-0.25, -0.2) is 4.79 Å². The normalized spacial score (nSPS) is 22.2. The van der Waals surface area contributed by atoms with E-state index in [2.05, 4.69) is 34.9 Å². The van der Waals surface area contributed by atoms with Crippen LogP contribution in [0.1, 0.15) is 49.1 Å². The summed E-state index contributed by atoms with van der Waals surface area (Å²) in [6.07, 6.45) is 2.66. The summed E-state index contributed by atoms with van der Waals surface area (Å²) < 4.78 is 5.61. The second-order valence-corrected chi connectivity index (χ2v) is 9.48. The monoisotopic (exact) mass is 448 g/mol. The first-order valence-electron chi connectivity index (χ1n) is 11.6. The van der Waals surface area contributed by atoms with E-state index < -0.39 is 17.5 Å². The van der Waals surface area contributed by atoms with Gasteiger partial charge in [0.05, 0.1) is 5.41 Å². The number of hydrogen-bond donors (Lipinski definition) is 3. The molecule has 7 heteroatoms. The molecule has 2 amide bonds. The van der Waals surface area contributed by atoms with Crippen molar-refractivity contribution in [1.82, 2.24) is 10.6 Å². The van der Waals surface area contributed by atoms with Gasteiger partial charge in [-0.3, -0.25) is 9.59 Å². The fourth-order valence-electron chi connectivity index (χ4n) is 5.18. The zero-order valence-corrected chi connectivity index (χ0v) is 18.4. The number of carbonyl (C=O) groups excluding carboxylic acids is 2. The van der Waals surface area contributed by atoms with E-state index in [1.807, 2.05) is 24.3 Å². The van der Waals surface area contributed by atoms with Gasteiger partial charge in [-0.15, -0.1) is 0 Å². The van der Waals surface area contributed by atoms with Crippen molar-refractivity contribution in [2.75, 3.05) is 13.2 Å². The molecule has 172 valence electrons. The summed E-state index contributed by atoms with van der Waals surface area (Å²) in [4.78, 5) is 36.2. The summed E-state index contributed by atoms with van der Waals surface area (Å²) >= 11 is 0. The van der Waals surface area contributed by atoms with Crippen molar-refractivity contribution < 1.29 is 24.2 Å². The Bertz CT molecular complexity index is 1050. The predicted molar refractivity (Wildman–Crippen MR) is 122 cm³/mol. The molecule has 0 heterocycles. The van der Waals surface area contributed by atoms with Gasteiger partial charge in [-0.2, -0.15) is 0 Å². The van der Waals surface area contributed by atoms with E-state index in [-0.39, 0.29) is 36.9 Å². The standard InChI is InChI=1S/C26H28N2O5/c29-23(27-15-26(11-12-26)24(30)31)16-9-10-17(13-16)28-25(32)33-14-22-20-7-3-1-5-18(20)19-6-2-4-8-21(19)22/h1-8,16-17,22H,9-15H2,(H,27,29)(H,28,32)(H,30,31)/t16-,17+/m0/s1. The maximum absolute atomic E-state index is 12.5. The number of carboxylic acids is 1. The van der Waals surface area contributed by atoms with Crippen molar-refractivity contribution in [3.63, 3.8) is 0 Å². The van der Waals surface area contributed by atoms with Crippen LogP contribution in [-0.2, 0) is 14.3 Å². The lowest BCUT2D eigenvalue weighted by molar-refractivity contribution is -0.143. The van der Waals surface area contributed by atoms with Gasteiger partial charge in [0.1, 0.15) is 6.61 Å². The number of alkyl carbamates (subject to hydrolysis) is 1. The first-order chi connectivity index (χ1) is 16.0. The Balaban J connectivity index is 1.11. The van der Waals surface area contributed by atoms with Crippen molar-refractivity contribution in [1.29, 1.82) is 0 Å².